The molecule has 0 spiro atoms. The zero-order valence-electron chi connectivity index (χ0n) is 11.0. The van der Waals surface area contributed by atoms with E-state index in [1.54, 1.807) is 13.8 Å². The molecule has 1 aliphatic carbocycles. The van der Waals surface area contributed by atoms with Gasteiger partial charge in [-0.1, -0.05) is 24.3 Å². The molecule has 0 aliphatic heterocycles. The Hall–Kier alpha value is -0.870. The molecule has 3 nitrogen and oxygen atoms in total. The smallest absolute Gasteiger partial charge is 0.153 e. The number of hydrogen-bond donors (Lipinski definition) is 1. The van der Waals surface area contributed by atoms with Gasteiger partial charge in [-0.2, -0.15) is 0 Å². The number of rotatable bonds is 5. The molecule has 2 rings (SSSR count). The SMILES string of the molecule is CC(C)S(=O)(=O)CC1(c2ccc(CN)cc2)CC1. The lowest BCUT2D eigenvalue weighted by atomic mass is 9.97. The van der Waals surface area contributed by atoms with Crippen LogP contribution in [0.15, 0.2) is 24.3 Å². The van der Waals surface area contributed by atoms with Crippen LogP contribution in [0, 0.1) is 0 Å². The first kappa shape index (κ1) is 13.6. The van der Waals surface area contributed by atoms with E-state index in [2.05, 4.69) is 0 Å². The summed E-state index contributed by atoms with van der Waals surface area (Å²) in [5.41, 5.74) is 7.67. The third-order valence-corrected chi connectivity index (χ3v) is 6.24. The van der Waals surface area contributed by atoms with Gasteiger partial charge in [-0.25, -0.2) is 8.42 Å². The van der Waals surface area contributed by atoms with Crippen molar-refractivity contribution in [3.05, 3.63) is 35.4 Å². The lowest BCUT2D eigenvalue weighted by molar-refractivity contribution is 0.577. The third kappa shape index (κ3) is 2.59. The van der Waals surface area contributed by atoms with Crippen molar-refractivity contribution in [2.24, 2.45) is 5.73 Å². The minimum Gasteiger partial charge on any atom is -0.326 e. The Morgan fingerprint density at radius 2 is 1.78 bits per heavy atom. The van der Waals surface area contributed by atoms with Crippen molar-refractivity contribution < 1.29 is 8.42 Å². The van der Waals surface area contributed by atoms with E-state index < -0.39 is 9.84 Å². The minimum absolute atomic E-state index is 0.129. The highest BCUT2D eigenvalue weighted by atomic mass is 32.2. The predicted molar refractivity (Wildman–Crippen MR) is 74.2 cm³/mol. The second-order valence-electron chi connectivity index (χ2n) is 5.54. The number of sulfone groups is 1. The molecule has 0 amide bonds. The Labute approximate surface area is 109 Å². The summed E-state index contributed by atoms with van der Waals surface area (Å²) in [4.78, 5) is 0. The second kappa shape index (κ2) is 4.67. The number of hydrogen-bond acceptors (Lipinski definition) is 3. The topological polar surface area (TPSA) is 60.2 Å². The molecule has 0 radical (unpaired) electrons. The highest BCUT2D eigenvalue weighted by Gasteiger charge is 2.47. The molecule has 2 N–H and O–H groups in total. The average Bonchev–Trinajstić information content (AvgIpc) is 3.09. The molecule has 0 heterocycles. The highest BCUT2D eigenvalue weighted by Crippen LogP contribution is 2.49. The van der Waals surface area contributed by atoms with Gasteiger partial charge in [0, 0.05) is 12.0 Å². The summed E-state index contributed by atoms with van der Waals surface area (Å²) in [5, 5.41) is -0.293. The quantitative estimate of drug-likeness (QED) is 0.887. The molecule has 0 saturated heterocycles. The van der Waals surface area contributed by atoms with Crippen LogP contribution in [0.25, 0.3) is 0 Å². The van der Waals surface area contributed by atoms with E-state index in [1.807, 2.05) is 24.3 Å². The predicted octanol–water partition coefficient (Wildman–Crippen LogP) is 2.00. The Bertz CT molecular complexity index is 513. The molecule has 1 aromatic rings. The minimum atomic E-state index is -2.98. The summed E-state index contributed by atoms with van der Waals surface area (Å²) in [7, 11) is -2.98. The van der Waals surface area contributed by atoms with Crippen molar-refractivity contribution >= 4 is 9.84 Å². The monoisotopic (exact) mass is 267 g/mol. The van der Waals surface area contributed by atoms with Crippen LogP contribution in [-0.4, -0.2) is 19.4 Å². The van der Waals surface area contributed by atoms with Crippen LogP contribution >= 0.6 is 0 Å². The fourth-order valence-electron chi connectivity index (χ4n) is 2.21. The van der Waals surface area contributed by atoms with Crippen LogP contribution in [0.3, 0.4) is 0 Å². The molecule has 0 atom stereocenters. The van der Waals surface area contributed by atoms with E-state index in [4.69, 9.17) is 5.73 Å². The van der Waals surface area contributed by atoms with Gasteiger partial charge in [-0.05, 0) is 37.8 Å². The Balaban J connectivity index is 2.21. The summed E-state index contributed by atoms with van der Waals surface area (Å²) < 4.78 is 24.1. The number of benzene rings is 1. The second-order valence-corrected chi connectivity index (χ2v) is 8.09. The summed E-state index contributed by atoms with van der Waals surface area (Å²) in [6, 6.07) is 8.06. The van der Waals surface area contributed by atoms with Crippen LogP contribution in [0.2, 0.25) is 0 Å². The molecule has 0 aromatic heterocycles. The van der Waals surface area contributed by atoms with E-state index in [9.17, 15) is 8.42 Å². The summed E-state index contributed by atoms with van der Waals surface area (Å²) in [6.45, 7) is 4.03. The van der Waals surface area contributed by atoms with Gasteiger partial charge in [0.25, 0.3) is 0 Å². The van der Waals surface area contributed by atoms with E-state index in [1.165, 1.54) is 0 Å². The summed E-state index contributed by atoms with van der Waals surface area (Å²) in [5.74, 6) is 0.277. The molecule has 0 bridgehead atoms. The molecule has 4 heteroatoms. The van der Waals surface area contributed by atoms with Gasteiger partial charge in [-0.15, -0.1) is 0 Å². The van der Waals surface area contributed by atoms with E-state index in [0.29, 0.717) is 6.54 Å². The zero-order chi connectivity index (χ0) is 13.4. The standard InChI is InChI=1S/C14H21NO2S/c1-11(2)18(16,17)10-14(7-8-14)13-5-3-12(9-15)4-6-13/h3-6,11H,7-10,15H2,1-2H3. The average molecular weight is 267 g/mol. The van der Waals surface area contributed by atoms with Gasteiger partial charge in [-0.3, -0.25) is 0 Å². The lowest BCUT2D eigenvalue weighted by Crippen LogP contribution is -2.26. The fourth-order valence-corrected chi connectivity index (χ4v) is 3.77. The van der Waals surface area contributed by atoms with Gasteiger partial charge < -0.3 is 5.73 Å². The van der Waals surface area contributed by atoms with Crippen LogP contribution in [-0.2, 0) is 21.8 Å². The third-order valence-electron chi connectivity index (χ3n) is 3.85. The normalized spacial score (nSPS) is 18.0. The van der Waals surface area contributed by atoms with Crippen LogP contribution in [0.4, 0.5) is 0 Å². The Kier molecular flexibility index (Phi) is 3.52. The molecule has 18 heavy (non-hydrogen) atoms. The molecule has 1 aliphatic rings. The first-order valence-corrected chi connectivity index (χ1v) is 8.12. The van der Waals surface area contributed by atoms with Gasteiger partial charge in [0.15, 0.2) is 9.84 Å². The van der Waals surface area contributed by atoms with Crippen molar-refractivity contribution in [3.63, 3.8) is 0 Å². The molecule has 1 saturated carbocycles. The number of nitrogens with two attached hydrogens (primary N) is 1. The van der Waals surface area contributed by atoms with Crippen molar-refractivity contribution in [2.45, 2.75) is 43.9 Å². The summed E-state index contributed by atoms with van der Waals surface area (Å²) >= 11 is 0. The maximum atomic E-state index is 12.1. The Morgan fingerprint density at radius 3 is 2.17 bits per heavy atom. The van der Waals surface area contributed by atoms with Gasteiger partial charge in [0.2, 0.25) is 0 Å². The first-order chi connectivity index (χ1) is 8.39. The van der Waals surface area contributed by atoms with Crippen molar-refractivity contribution in [3.8, 4) is 0 Å². The molecule has 0 unspecified atom stereocenters. The van der Waals surface area contributed by atoms with Gasteiger partial charge in [0.05, 0.1) is 11.0 Å². The van der Waals surface area contributed by atoms with E-state index in [-0.39, 0.29) is 16.4 Å². The largest absolute Gasteiger partial charge is 0.326 e. The molecule has 1 fully saturated rings. The first-order valence-electron chi connectivity index (χ1n) is 6.41. The summed E-state index contributed by atoms with van der Waals surface area (Å²) in [6.07, 6.45) is 1.95. The van der Waals surface area contributed by atoms with Crippen molar-refractivity contribution in [1.29, 1.82) is 0 Å². The van der Waals surface area contributed by atoms with Crippen LogP contribution in [0.1, 0.15) is 37.8 Å². The van der Waals surface area contributed by atoms with E-state index in [0.717, 1.165) is 24.0 Å². The molecule has 1 aromatic carbocycles. The molecular weight excluding hydrogens is 246 g/mol. The van der Waals surface area contributed by atoms with Gasteiger partial charge >= 0.3 is 0 Å². The van der Waals surface area contributed by atoms with E-state index >= 15 is 0 Å². The van der Waals surface area contributed by atoms with Crippen LogP contribution < -0.4 is 5.73 Å². The zero-order valence-corrected chi connectivity index (χ0v) is 11.8. The van der Waals surface area contributed by atoms with Gasteiger partial charge in [0.1, 0.15) is 0 Å². The van der Waals surface area contributed by atoms with Crippen molar-refractivity contribution in [1.82, 2.24) is 0 Å². The maximum absolute atomic E-state index is 12.1. The van der Waals surface area contributed by atoms with Crippen LogP contribution in [0.5, 0.6) is 0 Å². The molecular formula is C14H21NO2S. The Morgan fingerprint density at radius 1 is 1.22 bits per heavy atom. The lowest BCUT2D eigenvalue weighted by Gasteiger charge is -2.18. The van der Waals surface area contributed by atoms with Crippen molar-refractivity contribution in [2.75, 3.05) is 5.75 Å². The fraction of sp³-hybridized carbons (Fsp3) is 0.571. The highest BCUT2D eigenvalue weighted by molar-refractivity contribution is 7.92. The maximum Gasteiger partial charge on any atom is 0.153 e. The molecule has 100 valence electrons.